The minimum atomic E-state index is -0.177. The summed E-state index contributed by atoms with van der Waals surface area (Å²) >= 11 is 0. The van der Waals surface area contributed by atoms with Crippen molar-refractivity contribution >= 4 is 11.5 Å². The van der Waals surface area contributed by atoms with Gasteiger partial charge in [-0.15, -0.1) is 0 Å². The number of aromatic nitrogens is 2. The van der Waals surface area contributed by atoms with Crippen LogP contribution >= 0.6 is 0 Å². The SMILES string of the molecule is CC(C)(C)c1ccc(CCNC(=O)NCc2ncc3ccccn23)cc1. The van der Waals surface area contributed by atoms with Crippen LogP contribution in [0.2, 0.25) is 0 Å². The molecule has 0 unspecified atom stereocenters. The van der Waals surface area contributed by atoms with E-state index in [1.807, 2.05) is 28.8 Å². The zero-order valence-electron chi connectivity index (χ0n) is 15.6. The molecule has 0 aliphatic carbocycles. The van der Waals surface area contributed by atoms with Crippen LogP contribution in [0.5, 0.6) is 0 Å². The van der Waals surface area contributed by atoms with Gasteiger partial charge >= 0.3 is 6.03 Å². The van der Waals surface area contributed by atoms with Crippen molar-refractivity contribution in [1.29, 1.82) is 0 Å². The highest BCUT2D eigenvalue weighted by Crippen LogP contribution is 2.22. The number of fused-ring (bicyclic) bond motifs is 1. The molecule has 0 radical (unpaired) electrons. The molecule has 3 aromatic rings. The molecule has 2 aromatic heterocycles. The highest BCUT2D eigenvalue weighted by Gasteiger charge is 2.12. The average Bonchev–Trinajstić information content (AvgIpc) is 3.03. The van der Waals surface area contributed by atoms with Gasteiger partial charge in [-0.25, -0.2) is 9.78 Å². The summed E-state index contributed by atoms with van der Waals surface area (Å²) in [7, 11) is 0. The normalized spacial score (nSPS) is 11.5. The Balaban J connectivity index is 1.44. The van der Waals surface area contributed by atoms with Crippen LogP contribution in [0.1, 0.15) is 37.7 Å². The number of amides is 2. The fourth-order valence-electron chi connectivity index (χ4n) is 2.84. The second-order valence-corrected chi connectivity index (χ2v) is 7.48. The maximum Gasteiger partial charge on any atom is 0.315 e. The number of carbonyl (C=O) groups is 1. The Morgan fingerprint density at radius 2 is 1.85 bits per heavy atom. The number of imidazole rings is 1. The molecular formula is C21H26N4O. The summed E-state index contributed by atoms with van der Waals surface area (Å²) in [4.78, 5) is 16.3. The van der Waals surface area contributed by atoms with Gasteiger partial charge in [0.25, 0.3) is 0 Å². The van der Waals surface area contributed by atoms with Crippen LogP contribution in [0.4, 0.5) is 4.79 Å². The number of benzene rings is 1. The topological polar surface area (TPSA) is 58.4 Å². The number of hydrogen-bond acceptors (Lipinski definition) is 2. The van der Waals surface area contributed by atoms with Gasteiger partial charge in [0.15, 0.2) is 0 Å². The van der Waals surface area contributed by atoms with Crippen LogP contribution in [0.25, 0.3) is 5.52 Å². The number of urea groups is 1. The molecule has 1 aromatic carbocycles. The molecule has 0 bridgehead atoms. The van der Waals surface area contributed by atoms with Crippen LogP contribution in [0.3, 0.4) is 0 Å². The van der Waals surface area contributed by atoms with E-state index >= 15 is 0 Å². The average molecular weight is 350 g/mol. The van der Waals surface area contributed by atoms with Crippen LogP contribution in [0, 0.1) is 0 Å². The minimum absolute atomic E-state index is 0.160. The zero-order chi connectivity index (χ0) is 18.6. The van der Waals surface area contributed by atoms with Gasteiger partial charge in [0.2, 0.25) is 0 Å². The molecule has 136 valence electrons. The minimum Gasteiger partial charge on any atom is -0.338 e. The monoisotopic (exact) mass is 350 g/mol. The number of rotatable bonds is 5. The first-order valence-electron chi connectivity index (χ1n) is 8.95. The summed E-state index contributed by atoms with van der Waals surface area (Å²) in [5.74, 6) is 0.813. The van der Waals surface area contributed by atoms with Crippen molar-refractivity contribution in [3.8, 4) is 0 Å². The molecule has 5 heteroatoms. The van der Waals surface area contributed by atoms with Crippen molar-refractivity contribution in [3.63, 3.8) is 0 Å². The van der Waals surface area contributed by atoms with Gasteiger partial charge in [-0.2, -0.15) is 0 Å². The first-order valence-corrected chi connectivity index (χ1v) is 8.95. The maximum absolute atomic E-state index is 12.0. The Labute approximate surface area is 154 Å². The Bertz CT molecular complexity index is 875. The first-order chi connectivity index (χ1) is 12.4. The lowest BCUT2D eigenvalue weighted by molar-refractivity contribution is 0.240. The van der Waals surface area contributed by atoms with Crippen molar-refractivity contribution in [1.82, 2.24) is 20.0 Å². The van der Waals surface area contributed by atoms with E-state index in [9.17, 15) is 4.79 Å². The number of nitrogens with one attached hydrogen (secondary N) is 2. The standard InChI is InChI=1S/C21H26N4O/c1-21(2,3)17-9-7-16(8-10-17)11-12-22-20(26)24-15-19-23-14-18-6-4-5-13-25(18)19/h4-10,13-14H,11-12,15H2,1-3H3,(H2,22,24,26). The Hall–Kier alpha value is -2.82. The number of nitrogens with zero attached hydrogens (tertiary/aromatic N) is 2. The van der Waals surface area contributed by atoms with Gasteiger partial charge in [-0.3, -0.25) is 0 Å². The van der Waals surface area contributed by atoms with Gasteiger partial charge in [-0.1, -0.05) is 51.1 Å². The highest BCUT2D eigenvalue weighted by atomic mass is 16.2. The zero-order valence-corrected chi connectivity index (χ0v) is 15.6. The van der Waals surface area contributed by atoms with E-state index in [4.69, 9.17) is 0 Å². The second-order valence-electron chi connectivity index (χ2n) is 7.48. The first kappa shape index (κ1) is 18.0. The molecule has 0 atom stereocenters. The quantitative estimate of drug-likeness (QED) is 0.737. The summed E-state index contributed by atoms with van der Waals surface area (Å²) in [5.41, 5.74) is 3.72. The van der Waals surface area contributed by atoms with E-state index in [-0.39, 0.29) is 11.4 Å². The molecule has 2 heterocycles. The van der Waals surface area contributed by atoms with E-state index in [1.165, 1.54) is 11.1 Å². The lowest BCUT2D eigenvalue weighted by Crippen LogP contribution is -2.36. The van der Waals surface area contributed by atoms with Gasteiger partial charge in [-0.05, 0) is 35.1 Å². The van der Waals surface area contributed by atoms with Gasteiger partial charge in [0, 0.05) is 12.7 Å². The predicted molar refractivity (Wildman–Crippen MR) is 104 cm³/mol. The molecule has 0 spiro atoms. The molecule has 5 nitrogen and oxygen atoms in total. The fourth-order valence-corrected chi connectivity index (χ4v) is 2.84. The number of hydrogen-bond donors (Lipinski definition) is 2. The van der Waals surface area contributed by atoms with Crippen molar-refractivity contribution in [2.45, 2.75) is 39.2 Å². The molecular weight excluding hydrogens is 324 g/mol. The van der Waals surface area contributed by atoms with E-state index < -0.39 is 0 Å². The van der Waals surface area contributed by atoms with Gasteiger partial charge < -0.3 is 15.0 Å². The molecule has 26 heavy (non-hydrogen) atoms. The molecule has 0 saturated carbocycles. The van der Waals surface area contributed by atoms with E-state index in [0.717, 1.165) is 17.8 Å². The highest BCUT2D eigenvalue weighted by molar-refractivity contribution is 5.73. The summed E-state index contributed by atoms with van der Waals surface area (Å²) in [5, 5.41) is 5.76. The molecule has 2 amide bonds. The molecule has 0 aliphatic rings. The summed E-state index contributed by atoms with van der Waals surface area (Å²) < 4.78 is 1.97. The smallest absolute Gasteiger partial charge is 0.315 e. The number of pyridine rings is 1. The Morgan fingerprint density at radius 3 is 2.58 bits per heavy atom. The number of carbonyl (C=O) groups excluding carboxylic acids is 1. The van der Waals surface area contributed by atoms with Crippen LogP contribution < -0.4 is 10.6 Å². The summed E-state index contributed by atoms with van der Waals surface area (Å²) in [6, 6.07) is 14.3. The van der Waals surface area contributed by atoms with E-state index in [0.29, 0.717) is 13.1 Å². The van der Waals surface area contributed by atoms with Crippen LogP contribution in [-0.4, -0.2) is 22.0 Å². The van der Waals surface area contributed by atoms with E-state index in [2.05, 4.69) is 60.7 Å². The van der Waals surface area contributed by atoms with Crippen LogP contribution in [-0.2, 0) is 18.4 Å². The molecule has 0 fully saturated rings. The largest absolute Gasteiger partial charge is 0.338 e. The van der Waals surface area contributed by atoms with Crippen molar-refractivity contribution in [2.24, 2.45) is 0 Å². The summed E-state index contributed by atoms with van der Waals surface area (Å²) in [6.07, 6.45) is 4.55. The molecule has 0 saturated heterocycles. The molecule has 3 rings (SSSR count). The van der Waals surface area contributed by atoms with Crippen molar-refractivity contribution < 1.29 is 4.79 Å². The third-order valence-electron chi connectivity index (χ3n) is 4.44. The Kier molecular flexibility index (Phi) is 5.26. The fraction of sp³-hybridized carbons (Fsp3) is 0.333. The maximum atomic E-state index is 12.0. The lowest BCUT2D eigenvalue weighted by Gasteiger charge is -2.19. The molecule has 0 aliphatic heterocycles. The lowest BCUT2D eigenvalue weighted by atomic mass is 9.86. The van der Waals surface area contributed by atoms with Crippen LogP contribution in [0.15, 0.2) is 54.9 Å². The van der Waals surface area contributed by atoms with Gasteiger partial charge in [0.1, 0.15) is 5.82 Å². The second kappa shape index (κ2) is 7.60. The molecule has 2 N–H and O–H groups in total. The Morgan fingerprint density at radius 1 is 1.08 bits per heavy atom. The summed E-state index contributed by atoms with van der Waals surface area (Å²) in [6.45, 7) is 7.61. The third-order valence-corrected chi connectivity index (χ3v) is 4.44. The van der Waals surface area contributed by atoms with Crippen molar-refractivity contribution in [3.05, 3.63) is 71.8 Å². The van der Waals surface area contributed by atoms with E-state index in [1.54, 1.807) is 6.20 Å². The van der Waals surface area contributed by atoms with Crippen molar-refractivity contribution in [2.75, 3.05) is 6.54 Å². The predicted octanol–water partition coefficient (Wildman–Crippen LogP) is 3.67. The van der Waals surface area contributed by atoms with Gasteiger partial charge in [0.05, 0.1) is 18.3 Å². The third kappa shape index (κ3) is 4.42.